The minimum atomic E-state index is -3.09. The molecule has 0 aliphatic carbocycles. The molecule has 358 valence electrons. The van der Waals surface area contributed by atoms with Crippen molar-refractivity contribution in [1.29, 1.82) is 0 Å². The highest BCUT2D eigenvalue weighted by molar-refractivity contribution is 7.22. The Morgan fingerprint density at radius 1 is 0.208 bits per heavy atom. The molecule has 0 fully saturated rings. The Balaban J connectivity index is 1.01. The average molecular weight is 995 g/mol. The molecule has 0 unspecified atom stereocenters. The van der Waals surface area contributed by atoms with Crippen molar-refractivity contribution in [3.8, 4) is 33.9 Å². The molecule has 1 aliphatic heterocycles. The molecule has 77 heavy (non-hydrogen) atoms. The molecule has 4 nitrogen and oxygen atoms in total. The number of nitrogens with zero attached hydrogens (tertiary/aromatic N) is 4. The lowest BCUT2D eigenvalue weighted by atomic mass is 10.1. The second-order valence-electron chi connectivity index (χ2n) is 20.7. The third-order valence-electron chi connectivity index (χ3n) is 17.0. The van der Waals surface area contributed by atoms with Gasteiger partial charge in [0, 0.05) is 65.8 Å². The van der Waals surface area contributed by atoms with E-state index >= 15 is 0 Å². The van der Waals surface area contributed by atoms with Gasteiger partial charge in [0.25, 0.3) is 0 Å². The number of benzene rings is 12. The maximum Gasteiger partial charge on any atom is 0.180 e. The summed E-state index contributed by atoms with van der Waals surface area (Å²) in [5, 5.41) is 15.5. The van der Waals surface area contributed by atoms with E-state index in [-0.39, 0.29) is 0 Å². The maximum absolute atomic E-state index is 3.09. The van der Waals surface area contributed by atoms with Gasteiger partial charge in [-0.3, -0.25) is 0 Å². The van der Waals surface area contributed by atoms with Gasteiger partial charge in [0.2, 0.25) is 0 Å². The normalized spacial score (nSPS) is 13.0. The average Bonchev–Trinajstić information content (AvgIpc) is 4.49. The van der Waals surface area contributed by atoms with Crippen LogP contribution in [0.4, 0.5) is 0 Å². The minimum absolute atomic E-state index is 1.14. The molecule has 1 aliphatic rings. The quantitative estimate of drug-likeness (QED) is 0.148. The van der Waals surface area contributed by atoms with Crippen LogP contribution >= 0.6 is 0 Å². The number of para-hydroxylation sites is 6. The molecule has 0 bridgehead atoms. The first kappa shape index (κ1) is 42.4. The summed E-state index contributed by atoms with van der Waals surface area (Å²) in [6.45, 7) is 0. The lowest BCUT2D eigenvalue weighted by molar-refractivity contribution is 1.15. The Labute approximate surface area is 444 Å². The zero-order valence-electron chi connectivity index (χ0n) is 41.8. The monoisotopic (exact) mass is 994 g/mol. The zero-order valence-corrected chi connectivity index (χ0v) is 42.8. The molecule has 0 saturated carbocycles. The van der Waals surface area contributed by atoms with Gasteiger partial charge in [0.05, 0.1) is 44.1 Å². The second kappa shape index (κ2) is 16.0. The van der Waals surface area contributed by atoms with Crippen molar-refractivity contribution in [2.45, 2.75) is 0 Å². The smallest absolute Gasteiger partial charge is 0.180 e. The second-order valence-corrected chi connectivity index (χ2v) is 24.5. The van der Waals surface area contributed by atoms with E-state index in [0.29, 0.717) is 0 Å². The van der Waals surface area contributed by atoms with Crippen LogP contribution in [0.3, 0.4) is 0 Å². The molecular weight excluding hydrogens is 949 g/mol. The van der Waals surface area contributed by atoms with Gasteiger partial charge in [0.1, 0.15) is 0 Å². The van der Waals surface area contributed by atoms with Crippen LogP contribution in [0.25, 0.3) is 121 Å². The van der Waals surface area contributed by atoms with Crippen LogP contribution in [0.1, 0.15) is 0 Å². The summed E-state index contributed by atoms with van der Waals surface area (Å²) < 4.78 is 10.0. The van der Waals surface area contributed by atoms with Crippen LogP contribution < -0.4 is 20.7 Å². The SMILES string of the molecule is c1ccc(-n2c3ccccc3c3ccc4c5cc([Si]6(c7ccc8c(c7)c7ccc9c%10ccccc%10n(-c%10ccccc%10)c9c7n8-c7ccccc7)c7ccccc7-c7ccccc76)ccc5n(-c5ccccc5)c4c32)cc1. The topological polar surface area (TPSA) is 19.7 Å². The lowest BCUT2D eigenvalue weighted by Crippen LogP contribution is -2.72. The summed E-state index contributed by atoms with van der Waals surface area (Å²) >= 11 is 0. The van der Waals surface area contributed by atoms with E-state index in [9.17, 15) is 0 Å². The summed E-state index contributed by atoms with van der Waals surface area (Å²) in [5.74, 6) is 0. The molecule has 12 aromatic carbocycles. The molecule has 4 aromatic heterocycles. The van der Waals surface area contributed by atoms with Gasteiger partial charge in [-0.2, -0.15) is 0 Å². The zero-order chi connectivity index (χ0) is 50.3. The fourth-order valence-electron chi connectivity index (χ4n) is 14.0. The molecule has 0 N–H and O–H groups in total. The summed E-state index contributed by atoms with van der Waals surface area (Å²) in [5.41, 5.74) is 16.8. The predicted octanol–water partition coefficient (Wildman–Crippen LogP) is 15.4. The van der Waals surface area contributed by atoms with Crippen LogP contribution in [0.2, 0.25) is 0 Å². The van der Waals surface area contributed by atoms with Gasteiger partial charge in [-0.05, 0) is 105 Å². The van der Waals surface area contributed by atoms with E-state index in [1.54, 1.807) is 0 Å². The van der Waals surface area contributed by atoms with Gasteiger partial charge in [-0.15, -0.1) is 0 Å². The Kier molecular flexibility index (Phi) is 8.83. The number of fused-ring (bicyclic) bond motifs is 17. The maximum atomic E-state index is 2.60. The van der Waals surface area contributed by atoms with E-state index in [1.165, 1.54) is 119 Å². The number of aromatic nitrogens is 4. The highest BCUT2D eigenvalue weighted by Gasteiger charge is 2.49. The van der Waals surface area contributed by atoms with Crippen LogP contribution in [0.15, 0.2) is 279 Å². The number of hydrogen-bond acceptors (Lipinski definition) is 0. The Morgan fingerprint density at radius 2 is 0.494 bits per heavy atom. The van der Waals surface area contributed by atoms with Crippen molar-refractivity contribution in [3.05, 3.63) is 279 Å². The van der Waals surface area contributed by atoms with Crippen molar-refractivity contribution in [2.75, 3.05) is 0 Å². The molecule has 17 rings (SSSR count). The highest BCUT2D eigenvalue weighted by Crippen LogP contribution is 2.44. The molecule has 0 saturated heterocycles. The molecule has 5 heterocycles. The van der Waals surface area contributed by atoms with Crippen molar-refractivity contribution in [1.82, 2.24) is 18.3 Å². The lowest BCUT2D eigenvalue weighted by Gasteiger charge is -2.31. The first-order chi connectivity index (χ1) is 38.3. The fourth-order valence-corrected chi connectivity index (χ4v) is 19.2. The molecule has 5 heteroatoms. The van der Waals surface area contributed by atoms with Gasteiger partial charge in [-0.1, -0.05) is 206 Å². The number of hydrogen-bond donors (Lipinski definition) is 0. The van der Waals surface area contributed by atoms with Crippen molar-refractivity contribution < 1.29 is 0 Å². The third kappa shape index (κ3) is 5.70. The van der Waals surface area contributed by atoms with E-state index < -0.39 is 8.07 Å². The van der Waals surface area contributed by atoms with Gasteiger partial charge in [0.15, 0.2) is 8.07 Å². The van der Waals surface area contributed by atoms with Gasteiger partial charge in [-0.25, -0.2) is 0 Å². The van der Waals surface area contributed by atoms with E-state index in [4.69, 9.17) is 0 Å². The van der Waals surface area contributed by atoms with Crippen LogP contribution in [-0.4, -0.2) is 26.3 Å². The van der Waals surface area contributed by atoms with Gasteiger partial charge < -0.3 is 18.3 Å². The first-order valence-electron chi connectivity index (χ1n) is 26.7. The van der Waals surface area contributed by atoms with Crippen molar-refractivity contribution in [2.24, 2.45) is 0 Å². The first-order valence-corrected chi connectivity index (χ1v) is 28.7. The van der Waals surface area contributed by atoms with E-state index in [2.05, 4.69) is 297 Å². The highest BCUT2D eigenvalue weighted by atomic mass is 28.3. The predicted molar refractivity (Wildman–Crippen MR) is 326 cm³/mol. The molecule has 0 radical (unpaired) electrons. The summed E-state index contributed by atoms with van der Waals surface area (Å²) in [4.78, 5) is 0. The van der Waals surface area contributed by atoms with Gasteiger partial charge >= 0.3 is 0 Å². The molecule has 0 spiro atoms. The number of rotatable bonds is 6. The van der Waals surface area contributed by atoms with E-state index in [0.717, 1.165) is 22.7 Å². The van der Waals surface area contributed by atoms with Crippen LogP contribution in [-0.2, 0) is 0 Å². The molecule has 16 aromatic rings. The molecule has 0 amide bonds. The minimum Gasteiger partial charge on any atom is -0.307 e. The standard InChI is InChI=1S/C72H46N4Si/c1-5-21-47(22-6-1)73-63-33-17-13-29-53(63)57-39-41-59-61-45-51(37-43-65(61)75(71(59)69(57)73)49-25-9-3-10-26-49)77(67-35-19-15-31-55(67)56-32-16-20-36-68(56)77)52-38-44-66-62(46-52)60-42-40-58-54-30-14-18-34-64(54)74(48-23-7-2-8-24-48)70(58)72(60)76(66)50-27-11-4-12-28-50/h1-46H. The fraction of sp³-hybridized carbons (Fsp3) is 0. The van der Waals surface area contributed by atoms with Crippen molar-refractivity contribution in [3.63, 3.8) is 0 Å². The summed E-state index contributed by atoms with van der Waals surface area (Å²) in [6, 6.07) is 105. The Bertz CT molecular complexity index is 4760. The Hall–Kier alpha value is -9.94. The molecular formula is C72H46N4Si. The summed E-state index contributed by atoms with van der Waals surface area (Å²) in [7, 11) is -3.09. The van der Waals surface area contributed by atoms with Crippen LogP contribution in [0.5, 0.6) is 0 Å². The Morgan fingerprint density at radius 3 is 0.857 bits per heavy atom. The molecule has 0 atom stereocenters. The van der Waals surface area contributed by atoms with Crippen LogP contribution in [0, 0.1) is 0 Å². The summed E-state index contributed by atoms with van der Waals surface area (Å²) in [6.07, 6.45) is 0. The third-order valence-corrected chi connectivity index (χ3v) is 21.8. The van der Waals surface area contributed by atoms with E-state index in [1.807, 2.05) is 0 Å². The largest absolute Gasteiger partial charge is 0.307 e. The van der Waals surface area contributed by atoms with Crippen molar-refractivity contribution >= 4 is 116 Å².